The molecule has 0 saturated carbocycles. The van der Waals surface area contributed by atoms with E-state index in [0.29, 0.717) is 12.2 Å². The minimum Gasteiger partial charge on any atom is -0.364 e. The molecule has 2 atom stereocenters. The molecule has 4 N–H and O–H groups in total. The second-order valence-corrected chi connectivity index (χ2v) is 6.45. The predicted molar refractivity (Wildman–Crippen MR) is 94.4 cm³/mol. The highest BCUT2D eigenvalue weighted by Crippen LogP contribution is 2.22. The molecule has 2 unspecified atom stereocenters. The number of para-hydroxylation sites is 1. The molecule has 0 radical (unpaired) electrons. The van der Waals surface area contributed by atoms with Gasteiger partial charge in [-0.2, -0.15) is 5.10 Å². The number of amides is 2. The molecule has 1 aromatic carbocycles. The van der Waals surface area contributed by atoms with E-state index in [2.05, 4.69) is 5.10 Å². The van der Waals surface area contributed by atoms with Crippen molar-refractivity contribution in [1.82, 2.24) is 14.7 Å². The highest BCUT2D eigenvalue weighted by atomic mass is 16.2. The highest BCUT2D eigenvalue weighted by Gasteiger charge is 2.32. The molecule has 7 nitrogen and oxygen atoms in total. The molecule has 25 heavy (non-hydrogen) atoms. The first-order valence-corrected chi connectivity index (χ1v) is 8.51. The van der Waals surface area contributed by atoms with Gasteiger partial charge in [0.1, 0.15) is 5.69 Å². The molecular formula is C18H23N5O2. The number of aromatic nitrogens is 2. The summed E-state index contributed by atoms with van der Waals surface area (Å²) in [4.78, 5) is 26.5. The van der Waals surface area contributed by atoms with E-state index in [9.17, 15) is 9.59 Å². The first-order valence-electron chi connectivity index (χ1n) is 8.51. The second kappa shape index (κ2) is 7.06. The van der Waals surface area contributed by atoms with Crippen molar-refractivity contribution in [3.63, 3.8) is 0 Å². The molecule has 0 bridgehead atoms. The lowest BCUT2D eigenvalue weighted by atomic mass is 9.96. The zero-order valence-corrected chi connectivity index (χ0v) is 14.3. The van der Waals surface area contributed by atoms with Crippen LogP contribution in [0.5, 0.6) is 0 Å². The van der Waals surface area contributed by atoms with E-state index in [1.165, 1.54) is 10.7 Å². The van der Waals surface area contributed by atoms with Crippen molar-refractivity contribution < 1.29 is 9.59 Å². The van der Waals surface area contributed by atoms with Crippen LogP contribution in [0.2, 0.25) is 0 Å². The average molecular weight is 341 g/mol. The van der Waals surface area contributed by atoms with E-state index in [1.807, 2.05) is 25.1 Å². The Hall–Kier alpha value is -2.67. The fourth-order valence-corrected chi connectivity index (χ4v) is 3.33. The maximum Gasteiger partial charge on any atom is 0.274 e. The monoisotopic (exact) mass is 341 g/mol. The van der Waals surface area contributed by atoms with Gasteiger partial charge in [-0.1, -0.05) is 18.2 Å². The normalized spacial score (nSPS) is 18.8. The van der Waals surface area contributed by atoms with Gasteiger partial charge in [0.15, 0.2) is 5.69 Å². The number of nitrogens with zero attached hydrogens (tertiary/aromatic N) is 3. The van der Waals surface area contributed by atoms with Crippen molar-refractivity contribution in [2.75, 3.05) is 6.54 Å². The molecule has 2 amide bonds. The van der Waals surface area contributed by atoms with E-state index in [1.54, 1.807) is 17.0 Å². The van der Waals surface area contributed by atoms with E-state index in [0.717, 1.165) is 19.3 Å². The molecule has 1 aliphatic heterocycles. The van der Waals surface area contributed by atoms with Gasteiger partial charge in [-0.25, -0.2) is 4.68 Å². The maximum atomic E-state index is 13.0. The Morgan fingerprint density at radius 2 is 1.96 bits per heavy atom. The Balaban J connectivity index is 1.97. The largest absolute Gasteiger partial charge is 0.364 e. The topological polar surface area (TPSA) is 107 Å². The maximum absolute atomic E-state index is 13.0. The number of rotatable bonds is 4. The van der Waals surface area contributed by atoms with Gasteiger partial charge in [0.05, 0.1) is 5.69 Å². The van der Waals surface area contributed by atoms with Crippen molar-refractivity contribution in [3.05, 3.63) is 47.8 Å². The summed E-state index contributed by atoms with van der Waals surface area (Å²) in [6, 6.07) is 10.5. The Bertz CT molecular complexity index is 769. The van der Waals surface area contributed by atoms with Crippen LogP contribution < -0.4 is 11.5 Å². The van der Waals surface area contributed by atoms with E-state index in [4.69, 9.17) is 11.5 Å². The summed E-state index contributed by atoms with van der Waals surface area (Å²) in [5, 5.41) is 4.35. The quantitative estimate of drug-likeness (QED) is 0.874. The van der Waals surface area contributed by atoms with Gasteiger partial charge in [-0.3, -0.25) is 9.59 Å². The summed E-state index contributed by atoms with van der Waals surface area (Å²) < 4.78 is 1.42. The zero-order chi connectivity index (χ0) is 18.0. The molecule has 1 fully saturated rings. The average Bonchev–Trinajstić information content (AvgIpc) is 3.07. The molecule has 2 aromatic rings. The van der Waals surface area contributed by atoms with E-state index >= 15 is 0 Å². The Labute approximate surface area is 146 Å². The van der Waals surface area contributed by atoms with Crippen LogP contribution in [-0.4, -0.2) is 45.1 Å². The molecule has 3 rings (SSSR count). The first kappa shape index (κ1) is 17.2. The molecular weight excluding hydrogens is 318 g/mol. The fraction of sp³-hybridized carbons (Fsp3) is 0.389. The van der Waals surface area contributed by atoms with Crippen LogP contribution in [0.3, 0.4) is 0 Å². The summed E-state index contributed by atoms with van der Waals surface area (Å²) in [6.45, 7) is 2.56. The van der Waals surface area contributed by atoms with Gasteiger partial charge in [-0.15, -0.1) is 0 Å². The lowest BCUT2D eigenvalue weighted by molar-refractivity contribution is 0.0577. The second-order valence-electron chi connectivity index (χ2n) is 6.45. The van der Waals surface area contributed by atoms with E-state index < -0.39 is 5.91 Å². The van der Waals surface area contributed by atoms with Crippen LogP contribution in [0, 0.1) is 0 Å². The Morgan fingerprint density at radius 1 is 1.24 bits per heavy atom. The third-order valence-corrected chi connectivity index (χ3v) is 4.60. The number of carbonyl (C=O) groups excluding carboxylic acids is 2. The van der Waals surface area contributed by atoms with Gasteiger partial charge >= 0.3 is 0 Å². The minimum atomic E-state index is -0.627. The van der Waals surface area contributed by atoms with Crippen LogP contribution in [0.1, 0.15) is 47.2 Å². The molecule has 1 saturated heterocycles. The highest BCUT2D eigenvalue weighted by molar-refractivity contribution is 5.97. The van der Waals surface area contributed by atoms with E-state index in [-0.39, 0.29) is 29.4 Å². The predicted octanol–water partition coefficient (Wildman–Crippen LogP) is 1.31. The summed E-state index contributed by atoms with van der Waals surface area (Å²) in [6.07, 6.45) is 2.88. The summed E-state index contributed by atoms with van der Waals surface area (Å²) in [5.41, 5.74) is 12.6. The van der Waals surface area contributed by atoms with Gasteiger partial charge in [0.2, 0.25) is 0 Å². The van der Waals surface area contributed by atoms with Gasteiger partial charge < -0.3 is 16.4 Å². The third-order valence-electron chi connectivity index (χ3n) is 4.60. The molecule has 1 aromatic heterocycles. The number of nitrogens with two attached hydrogens (primary N) is 2. The lowest BCUT2D eigenvalue weighted by Gasteiger charge is -2.37. The smallest absolute Gasteiger partial charge is 0.274 e. The standard InChI is InChI=1S/C18H23N5O2/c1-12(19)15-9-5-6-10-22(15)18(25)14-11-16(17(20)24)23(21-14)13-7-3-2-4-8-13/h2-4,7-8,11-12,15H,5-6,9-10,19H2,1H3,(H2,20,24). The number of hydrogen-bond acceptors (Lipinski definition) is 4. The zero-order valence-electron chi connectivity index (χ0n) is 14.3. The summed E-state index contributed by atoms with van der Waals surface area (Å²) in [5.74, 6) is -0.836. The summed E-state index contributed by atoms with van der Waals surface area (Å²) in [7, 11) is 0. The first-order chi connectivity index (χ1) is 12.0. The summed E-state index contributed by atoms with van der Waals surface area (Å²) >= 11 is 0. The molecule has 7 heteroatoms. The Morgan fingerprint density at radius 3 is 2.60 bits per heavy atom. The van der Waals surface area contributed by atoms with Crippen LogP contribution in [-0.2, 0) is 0 Å². The number of carbonyl (C=O) groups is 2. The lowest BCUT2D eigenvalue weighted by Crippen LogP contribution is -2.51. The number of hydrogen-bond donors (Lipinski definition) is 2. The number of piperidine rings is 1. The van der Waals surface area contributed by atoms with Crippen molar-refractivity contribution in [3.8, 4) is 5.69 Å². The van der Waals surface area contributed by atoms with Gasteiger partial charge in [-0.05, 0) is 38.3 Å². The minimum absolute atomic E-state index is 0.0137. The van der Waals surface area contributed by atoms with Crippen LogP contribution in [0.4, 0.5) is 0 Å². The number of likely N-dealkylation sites (tertiary alicyclic amines) is 1. The fourth-order valence-electron chi connectivity index (χ4n) is 3.33. The van der Waals surface area contributed by atoms with Crippen LogP contribution >= 0.6 is 0 Å². The van der Waals surface area contributed by atoms with Crippen molar-refractivity contribution >= 4 is 11.8 Å². The van der Waals surface area contributed by atoms with Crippen LogP contribution in [0.15, 0.2) is 36.4 Å². The SMILES string of the molecule is CC(N)C1CCCCN1C(=O)c1cc(C(N)=O)n(-c2ccccc2)n1. The molecule has 2 heterocycles. The molecule has 1 aliphatic rings. The third kappa shape index (κ3) is 3.41. The van der Waals surface area contributed by atoms with Crippen LogP contribution in [0.25, 0.3) is 5.69 Å². The van der Waals surface area contributed by atoms with Gasteiger partial charge in [0, 0.05) is 24.7 Å². The molecule has 0 spiro atoms. The number of primary amides is 1. The molecule has 0 aliphatic carbocycles. The Kier molecular flexibility index (Phi) is 4.85. The van der Waals surface area contributed by atoms with Crippen molar-refractivity contribution in [2.45, 2.75) is 38.3 Å². The van der Waals surface area contributed by atoms with Crippen molar-refractivity contribution in [2.24, 2.45) is 11.5 Å². The van der Waals surface area contributed by atoms with Crippen molar-refractivity contribution in [1.29, 1.82) is 0 Å². The number of benzene rings is 1. The molecule has 132 valence electrons. The van der Waals surface area contributed by atoms with Gasteiger partial charge in [0.25, 0.3) is 11.8 Å².